The monoisotopic (exact) mass is 539 g/mol. The molecule has 0 saturated carbocycles. The smallest absolute Gasteiger partial charge is 0.307 e. The zero-order valence-electron chi connectivity index (χ0n) is 25.1. The maximum atomic E-state index is 11.6. The van der Waals surface area contributed by atoms with Gasteiger partial charge in [0, 0.05) is 13.5 Å². The lowest BCUT2D eigenvalue weighted by Crippen LogP contribution is -2.13. The fraction of sp³-hybridized carbons (Fsp3) is 0.438. The summed E-state index contributed by atoms with van der Waals surface area (Å²) in [6.45, 7) is 19.9. The third-order valence-corrected chi connectivity index (χ3v) is 5.12. The lowest BCUT2D eigenvalue weighted by atomic mass is 10.2. The number of rotatable bonds is 12. The van der Waals surface area contributed by atoms with Crippen molar-refractivity contribution >= 4 is 16.9 Å². The predicted octanol–water partition coefficient (Wildman–Crippen LogP) is 7.67. The van der Waals surface area contributed by atoms with Crippen LogP contribution < -0.4 is 10.1 Å². The Morgan fingerprint density at radius 1 is 0.974 bits per heavy atom. The highest BCUT2D eigenvalue weighted by Gasteiger charge is 2.11. The minimum Gasteiger partial charge on any atom is -0.492 e. The van der Waals surface area contributed by atoms with Crippen LogP contribution in [-0.4, -0.2) is 36.0 Å². The summed E-state index contributed by atoms with van der Waals surface area (Å²) in [4.78, 5) is 11.6. The van der Waals surface area contributed by atoms with Crippen molar-refractivity contribution in [3.8, 4) is 5.75 Å². The fourth-order valence-corrected chi connectivity index (χ4v) is 3.40. The number of esters is 1. The lowest BCUT2D eigenvalue weighted by Gasteiger charge is -2.14. The Bertz CT molecular complexity index is 1080. The number of fused-ring (bicyclic) bond motifs is 1. The zero-order chi connectivity index (χ0) is 29.5. The van der Waals surface area contributed by atoms with E-state index in [2.05, 4.69) is 37.4 Å². The lowest BCUT2D eigenvalue weighted by molar-refractivity contribution is -0.143. The minimum absolute atomic E-state index is 0.222. The SMILES string of the molecule is C=C.CC.CCC.CCOC(=O)CCn1ncc2c(OCC/C(NC)=C(\C)OCc3ccccc3)cccc21. The van der Waals surface area contributed by atoms with Gasteiger partial charge in [-0.15, -0.1) is 13.2 Å². The van der Waals surface area contributed by atoms with E-state index in [1.807, 2.05) is 76.3 Å². The molecular formula is C32H49N3O4. The number of hydrogen-bond acceptors (Lipinski definition) is 6. The number of nitrogens with zero attached hydrogens (tertiary/aromatic N) is 2. The van der Waals surface area contributed by atoms with Gasteiger partial charge in [0.2, 0.25) is 0 Å². The van der Waals surface area contributed by atoms with Gasteiger partial charge in [-0.25, -0.2) is 0 Å². The van der Waals surface area contributed by atoms with Crippen LogP contribution >= 0.6 is 0 Å². The molecule has 1 heterocycles. The van der Waals surface area contributed by atoms with Crippen LogP contribution in [-0.2, 0) is 27.4 Å². The van der Waals surface area contributed by atoms with Crippen molar-refractivity contribution in [2.45, 2.75) is 74.0 Å². The number of hydrogen-bond donors (Lipinski definition) is 1. The first-order valence-electron chi connectivity index (χ1n) is 13.8. The third-order valence-electron chi connectivity index (χ3n) is 5.12. The number of nitrogens with one attached hydrogen (secondary N) is 1. The second-order valence-electron chi connectivity index (χ2n) is 7.98. The highest BCUT2D eigenvalue weighted by atomic mass is 16.5. The van der Waals surface area contributed by atoms with E-state index < -0.39 is 0 Å². The largest absolute Gasteiger partial charge is 0.492 e. The normalized spacial score (nSPS) is 10.3. The van der Waals surface area contributed by atoms with E-state index in [0.717, 1.165) is 33.7 Å². The molecule has 0 aliphatic heterocycles. The first kappa shape index (κ1) is 35.3. The van der Waals surface area contributed by atoms with Crippen molar-refractivity contribution in [2.24, 2.45) is 0 Å². The van der Waals surface area contributed by atoms with Gasteiger partial charge in [0.25, 0.3) is 0 Å². The summed E-state index contributed by atoms with van der Waals surface area (Å²) in [5.74, 6) is 1.40. The molecule has 0 saturated heterocycles. The summed E-state index contributed by atoms with van der Waals surface area (Å²) in [5.41, 5.74) is 3.06. The van der Waals surface area contributed by atoms with Crippen LogP contribution in [0.1, 0.15) is 66.4 Å². The average molecular weight is 540 g/mol. The summed E-state index contributed by atoms with van der Waals surface area (Å²) >= 11 is 0. The number of ether oxygens (including phenoxy) is 3. The van der Waals surface area contributed by atoms with E-state index in [9.17, 15) is 4.79 Å². The average Bonchev–Trinajstić information content (AvgIpc) is 3.40. The molecule has 7 heteroatoms. The first-order valence-corrected chi connectivity index (χ1v) is 13.8. The van der Waals surface area contributed by atoms with E-state index >= 15 is 0 Å². The van der Waals surface area contributed by atoms with Crippen molar-refractivity contribution in [3.05, 3.63) is 84.9 Å². The maximum Gasteiger partial charge on any atom is 0.307 e. The number of carbonyl (C=O) groups excluding carboxylic acids is 1. The molecule has 0 atom stereocenters. The molecule has 0 fully saturated rings. The highest BCUT2D eigenvalue weighted by Crippen LogP contribution is 2.26. The molecule has 1 N–H and O–H groups in total. The van der Waals surface area contributed by atoms with E-state index in [-0.39, 0.29) is 12.4 Å². The van der Waals surface area contributed by atoms with Gasteiger partial charge in [-0.1, -0.05) is 70.5 Å². The molecule has 1 aromatic heterocycles. The van der Waals surface area contributed by atoms with Crippen molar-refractivity contribution in [1.29, 1.82) is 0 Å². The van der Waals surface area contributed by atoms with Gasteiger partial charge in [-0.05, 0) is 31.5 Å². The molecule has 3 aromatic rings. The Balaban J connectivity index is 0.00000189. The third kappa shape index (κ3) is 13.1. The van der Waals surface area contributed by atoms with Crippen molar-refractivity contribution in [2.75, 3.05) is 20.3 Å². The van der Waals surface area contributed by atoms with Crippen molar-refractivity contribution in [1.82, 2.24) is 15.1 Å². The summed E-state index contributed by atoms with van der Waals surface area (Å²) in [6.07, 6.45) is 4.00. The topological polar surface area (TPSA) is 74.6 Å². The van der Waals surface area contributed by atoms with Crippen LogP contribution in [0.15, 0.2) is 79.3 Å². The summed E-state index contributed by atoms with van der Waals surface area (Å²) < 4.78 is 18.8. The van der Waals surface area contributed by atoms with Gasteiger partial charge in [0.1, 0.15) is 18.1 Å². The summed E-state index contributed by atoms with van der Waals surface area (Å²) in [5, 5.41) is 8.55. The molecule has 0 spiro atoms. The Morgan fingerprint density at radius 3 is 2.26 bits per heavy atom. The van der Waals surface area contributed by atoms with Gasteiger partial charge >= 0.3 is 5.97 Å². The standard InChI is InChI=1S/C25H31N3O4.C3H8.C2H6.C2H4/c1-4-30-25(29)13-15-28-23-11-8-12-24(21(23)17-27-28)31-16-14-22(26-3)19(2)32-18-20-9-6-5-7-10-20;1-3-2;2*1-2/h5-12,17,26H,4,13-16,18H2,1-3H3;3H2,1-2H3;1-2H3;1-2H2/b22-19-;;;. The van der Waals surface area contributed by atoms with Crippen LogP contribution in [0.5, 0.6) is 5.75 Å². The minimum atomic E-state index is -0.222. The molecule has 0 unspecified atom stereocenters. The van der Waals surface area contributed by atoms with Crippen LogP contribution in [0.25, 0.3) is 10.9 Å². The maximum absolute atomic E-state index is 11.6. The van der Waals surface area contributed by atoms with E-state index in [4.69, 9.17) is 14.2 Å². The van der Waals surface area contributed by atoms with Gasteiger partial charge in [0.05, 0.1) is 49.0 Å². The molecule has 7 nitrogen and oxygen atoms in total. The Hall–Kier alpha value is -3.74. The van der Waals surface area contributed by atoms with Gasteiger partial charge in [0.15, 0.2) is 0 Å². The van der Waals surface area contributed by atoms with Gasteiger partial charge in [-0.2, -0.15) is 5.10 Å². The zero-order valence-corrected chi connectivity index (χ0v) is 25.1. The summed E-state index contributed by atoms with van der Waals surface area (Å²) in [6, 6.07) is 15.9. The highest BCUT2D eigenvalue weighted by molar-refractivity contribution is 5.85. The van der Waals surface area contributed by atoms with Crippen molar-refractivity contribution < 1.29 is 19.0 Å². The molecule has 0 aliphatic rings. The molecule has 0 amide bonds. The number of carbonyl (C=O) groups is 1. The first-order chi connectivity index (χ1) is 19.0. The molecular weight excluding hydrogens is 490 g/mol. The van der Waals surface area contributed by atoms with Gasteiger partial charge in [-0.3, -0.25) is 9.48 Å². The van der Waals surface area contributed by atoms with Crippen LogP contribution in [0, 0.1) is 0 Å². The summed E-state index contributed by atoms with van der Waals surface area (Å²) in [7, 11) is 1.89. The van der Waals surface area contributed by atoms with E-state index in [1.54, 1.807) is 17.8 Å². The quantitative estimate of drug-likeness (QED) is 0.145. The second-order valence-corrected chi connectivity index (χ2v) is 7.98. The number of benzene rings is 2. The Labute approximate surface area is 235 Å². The fourth-order valence-electron chi connectivity index (χ4n) is 3.40. The van der Waals surface area contributed by atoms with E-state index in [1.165, 1.54) is 6.42 Å². The Morgan fingerprint density at radius 2 is 1.64 bits per heavy atom. The molecule has 2 aromatic carbocycles. The molecule has 0 bridgehead atoms. The number of aryl methyl sites for hydroxylation is 1. The van der Waals surface area contributed by atoms with E-state index in [0.29, 0.717) is 32.8 Å². The van der Waals surface area contributed by atoms with Gasteiger partial charge < -0.3 is 19.5 Å². The van der Waals surface area contributed by atoms with Crippen LogP contribution in [0.4, 0.5) is 0 Å². The molecule has 3 rings (SSSR count). The molecule has 216 valence electrons. The number of aromatic nitrogens is 2. The molecule has 0 aliphatic carbocycles. The predicted molar refractivity (Wildman–Crippen MR) is 163 cm³/mol. The van der Waals surface area contributed by atoms with Crippen molar-refractivity contribution in [3.63, 3.8) is 0 Å². The Kier molecular flexibility index (Phi) is 20.1. The molecule has 0 radical (unpaired) electrons. The number of allylic oxidation sites excluding steroid dienone is 1. The second kappa shape index (κ2) is 22.3. The molecule has 39 heavy (non-hydrogen) atoms. The van der Waals surface area contributed by atoms with Crippen LogP contribution in [0.3, 0.4) is 0 Å². The van der Waals surface area contributed by atoms with Crippen LogP contribution in [0.2, 0.25) is 0 Å².